The van der Waals surface area contributed by atoms with Gasteiger partial charge in [0.05, 0.1) is 11.0 Å². The molecule has 1 aromatic heterocycles. The lowest BCUT2D eigenvalue weighted by Gasteiger charge is -2.14. The van der Waals surface area contributed by atoms with Gasteiger partial charge in [-0.3, -0.25) is 0 Å². The zero-order valence-corrected chi connectivity index (χ0v) is 26.3. The number of rotatable bonds is 5. The summed E-state index contributed by atoms with van der Waals surface area (Å²) >= 11 is 0. The van der Waals surface area contributed by atoms with Gasteiger partial charge in [-0.25, -0.2) is 0 Å². The molecule has 0 aliphatic heterocycles. The lowest BCUT2D eigenvalue weighted by Crippen LogP contribution is -1.95. The van der Waals surface area contributed by atoms with Crippen molar-refractivity contribution in [2.75, 3.05) is 5.73 Å². The summed E-state index contributed by atoms with van der Waals surface area (Å²) in [7, 11) is 0. The molecule has 0 saturated carbocycles. The summed E-state index contributed by atoms with van der Waals surface area (Å²) in [5.41, 5.74) is 20.1. The molecule has 0 aliphatic carbocycles. The molecule has 48 heavy (non-hydrogen) atoms. The highest BCUT2D eigenvalue weighted by Crippen LogP contribution is 2.42. The van der Waals surface area contributed by atoms with Crippen LogP contribution in [0.3, 0.4) is 0 Å². The Labute approximate surface area is 280 Å². The number of anilines is 1. The first-order valence-corrected chi connectivity index (χ1v) is 16.4. The zero-order chi connectivity index (χ0) is 32.0. The van der Waals surface area contributed by atoms with E-state index in [-0.39, 0.29) is 0 Å². The summed E-state index contributed by atoms with van der Waals surface area (Å²) in [5, 5.41) is 4.96. The van der Waals surface area contributed by atoms with E-state index in [9.17, 15) is 0 Å². The van der Waals surface area contributed by atoms with Gasteiger partial charge < -0.3 is 10.3 Å². The first-order chi connectivity index (χ1) is 23.7. The maximum atomic E-state index is 6.30. The number of nitrogen functional groups attached to an aromatic ring is 1. The van der Waals surface area contributed by atoms with Gasteiger partial charge in [-0.2, -0.15) is 0 Å². The summed E-state index contributed by atoms with van der Waals surface area (Å²) in [6.45, 7) is 0. The van der Waals surface area contributed by atoms with Crippen LogP contribution in [0, 0.1) is 0 Å². The molecule has 0 radical (unpaired) electrons. The van der Waals surface area contributed by atoms with E-state index in [1.807, 2.05) is 6.07 Å². The first-order valence-electron chi connectivity index (χ1n) is 16.4. The Kier molecular flexibility index (Phi) is 6.65. The quantitative estimate of drug-likeness (QED) is 0.193. The predicted octanol–water partition coefficient (Wildman–Crippen LogP) is 12.2. The molecule has 2 N–H and O–H groups in total. The predicted molar refractivity (Wildman–Crippen MR) is 204 cm³/mol. The maximum Gasteiger partial charge on any atom is 0.0619 e. The topological polar surface area (TPSA) is 30.9 Å². The summed E-state index contributed by atoms with van der Waals surface area (Å²) in [5.74, 6) is 0. The van der Waals surface area contributed by atoms with Crippen molar-refractivity contribution in [2.45, 2.75) is 0 Å². The molecule has 0 saturated heterocycles. The highest BCUT2D eigenvalue weighted by atomic mass is 15.0. The number of hydrogen-bond acceptors (Lipinski definition) is 1. The fraction of sp³-hybridized carbons (Fsp3) is 0. The van der Waals surface area contributed by atoms with Crippen LogP contribution in [0.25, 0.3) is 82.8 Å². The van der Waals surface area contributed by atoms with Crippen LogP contribution in [0.1, 0.15) is 0 Å². The zero-order valence-electron chi connectivity index (χ0n) is 26.3. The van der Waals surface area contributed by atoms with Gasteiger partial charge in [-0.05, 0) is 86.3 Å². The molecule has 9 rings (SSSR count). The van der Waals surface area contributed by atoms with Crippen LogP contribution < -0.4 is 5.73 Å². The van der Waals surface area contributed by atoms with Gasteiger partial charge in [0.15, 0.2) is 0 Å². The lowest BCUT2D eigenvalue weighted by molar-refractivity contribution is 1.19. The summed E-state index contributed by atoms with van der Waals surface area (Å²) in [6.07, 6.45) is 0. The maximum absolute atomic E-state index is 6.30. The molecule has 0 aliphatic rings. The number of hydrogen-bond donors (Lipinski definition) is 1. The van der Waals surface area contributed by atoms with Gasteiger partial charge in [0.1, 0.15) is 0 Å². The minimum Gasteiger partial charge on any atom is -0.399 e. The van der Waals surface area contributed by atoms with Gasteiger partial charge in [-0.15, -0.1) is 0 Å². The van der Waals surface area contributed by atoms with Gasteiger partial charge >= 0.3 is 0 Å². The van der Waals surface area contributed by atoms with Crippen molar-refractivity contribution in [1.29, 1.82) is 0 Å². The third-order valence-electron chi connectivity index (χ3n) is 9.54. The molecule has 0 fully saturated rings. The molecule has 0 bridgehead atoms. The summed E-state index contributed by atoms with van der Waals surface area (Å²) < 4.78 is 2.43. The van der Waals surface area contributed by atoms with Crippen LogP contribution >= 0.6 is 0 Å². The average Bonchev–Trinajstić information content (AvgIpc) is 3.50. The second kappa shape index (κ2) is 11.5. The molecule has 226 valence electrons. The van der Waals surface area contributed by atoms with E-state index in [0.717, 1.165) is 22.5 Å². The monoisotopic (exact) mass is 612 g/mol. The lowest BCUT2D eigenvalue weighted by atomic mass is 9.91. The molecule has 0 amide bonds. The molecule has 2 nitrogen and oxygen atoms in total. The van der Waals surface area contributed by atoms with Crippen LogP contribution in [0.2, 0.25) is 0 Å². The van der Waals surface area contributed by atoms with Crippen LogP contribution in [0.5, 0.6) is 0 Å². The molecule has 1 heterocycles. The van der Waals surface area contributed by atoms with Crippen molar-refractivity contribution in [3.05, 3.63) is 182 Å². The Bertz CT molecular complexity index is 2580. The van der Waals surface area contributed by atoms with Crippen molar-refractivity contribution in [3.63, 3.8) is 0 Å². The van der Waals surface area contributed by atoms with E-state index in [1.165, 1.54) is 66.0 Å². The number of para-hydroxylation sites is 1. The van der Waals surface area contributed by atoms with Crippen molar-refractivity contribution < 1.29 is 0 Å². The fourth-order valence-corrected chi connectivity index (χ4v) is 7.26. The average molecular weight is 613 g/mol. The normalized spacial score (nSPS) is 11.4. The molecule has 0 unspecified atom stereocenters. The number of fused-ring (bicyclic) bond motifs is 5. The number of aromatic nitrogens is 1. The Morgan fingerprint density at radius 2 is 0.854 bits per heavy atom. The van der Waals surface area contributed by atoms with Crippen molar-refractivity contribution >= 4 is 38.3 Å². The fourth-order valence-electron chi connectivity index (χ4n) is 7.26. The third kappa shape index (κ3) is 4.66. The van der Waals surface area contributed by atoms with E-state index in [1.54, 1.807) is 0 Å². The van der Waals surface area contributed by atoms with Crippen molar-refractivity contribution in [3.8, 4) is 50.2 Å². The highest BCUT2D eigenvalue weighted by molar-refractivity contribution is 6.22. The van der Waals surface area contributed by atoms with Gasteiger partial charge in [0, 0.05) is 27.5 Å². The second-order valence-corrected chi connectivity index (χ2v) is 12.4. The minimum atomic E-state index is 0.760. The minimum absolute atomic E-state index is 0.760. The Hall–Kier alpha value is -6.38. The van der Waals surface area contributed by atoms with Crippen LogP contribution in [-0.4, -0.2) is 4.57 Å². The van der Waals surface area contributed by atoms with Gasteiger partial charge in [0.2, 0.25) is 0 Å². The van der Waals surface area contributed by atoms with Crippen molar-refractivity contribution in [1.82, 2.24) is 4.57 Å². The molecule has 0 spiro atoms. The highest BCUT2D eigenvalue weighted by Gasteiger charge is 2.18. The summed E-state index contributed by atoms with van der Waals surface area (Å²) in [4.78, 5) is 0. The second-order valence-electron chi connectivity index (χ2n) is 12.4. The number of benzene rings is 8. The van der Waals surface area contributed by atoms with E-state index >= 15 is 0 Å². The molecule has 9 aromatic rings. The smallest absolute Gasteiger partial charge is 0.0619 e. The van der Waals surface area contributed by atoms with Crippen molar-refractivity contribution in [2.24, 2.45) is 0 Å². The SMILES string of the molecule is Nc1ccc(-c2ccccc2)c(-c2ccc(-c3cc4c5ccccc5n(-c5ccc(-c6ccccc6)cc5)c4c4ccccc34)cc2)c1. The van der Waals surface area contributed by atoms with Gasteiger partial charge in [-0.1, -0.05) is 146 Å². The first kappa shape index (κ1) is 27.9. The standard InChI is InChI=1S/C46H32N2/c47-36-25-28-38(33-13-5-2-6-14-33)42(29-36)34-19-21-35(22-20-34)43-30-44-40-16-9-10-18-45(40)48(46(44)41-17-8-7-15-39(41)43)37-26-23-32(24-27-37)31-11-3-1-4-12-31/h1-30H,47H2. The molecular weight excluding hydrogens is 581 g/mol. The third-order valence-corrected chi connectivity index (χ3v) is 9.54. The Balaban J connectivity index is 1.21. The van der Waals surface area contributed by atoms with E-state index < -0.39 is 0 Å². The molecule has 8 aromatic carbocycles. The van der Waals surface area contributed by atoms with E-state index in [4.69, 9.17) is 5.73 Å². The van der Waals surface area contributed by atoms with Crippen LogP contribution in [0.4, 0.5) is 5.69 Å². The Morgan fingerprint density at radius 3 is 1.56 bits per heavy atom. The molecule has 2 heteroatoms. The Morgan fingerprint density at radius 1 is 0.333 bits per heavy atom. The van der Waals surface area contributed by atoms with Crippen LogP contribution in [-0.2, 0) is 0 Å². The van der Waals surface area contributed by atoms with Gasteiger partial charge in [0.25, 0.3) is 0 Å². The number of nitrogens with zero attached hydrogens (tertiary/aromatic N) is 1. The number of nitrogens with two attached hydrogens (primary N) is 1. The molecule has 0 atom stereocenters. The summed E-state index contributed by atoms with van der Waals surface area (Å²) in [6, 6.07) is 65.2. The largest absolute Gasteiger partial charge is 0.399 e. The van der Waals surface area contributed by atoms with Crippen LogP contribution in [0.15, 0.2) is 182 Å². The van der Waals surface area contributed by atoms with E-state index in [2.05, 4.69) is 180 Å². The van der Waals surface area contributed by atoms with E-state index in [0.29, 0.717) is 0 Å². The molecular formula is C46H32N2.